The minimum absolute atomic E-state index is 0.0338. The highest BCUT2D eigenvalue weighted by Crippen LogP contribution is 2.22. The number of nitriles is 2. The Morgan fingerprint density at radius 3 is 2.58 bits per heavy atom. The van der Waals surface area contributed by atoms with Crippen LogP contribution in [-0.4, -0.2) is 29.6 Å². The topological polar surface area (TPSA) is 67.9 Å². The molecule has 0 fully saturated rings. The zero-order chi connectivity index (χ0) is 14.1. The van der Waals surface area contributed by atoms with Gasteiger partial charge in [0.1, 0.15) is 13.1 Å². The maximum atomic E-state index is 11.8. The van der Waals surface area contributed by atoms with Crippen LogP contribution in [0.3, 0.4) is 0 Å². The molecule has 1 rings (SSSR count). The molecule has 0 aliphatic heterocycles. The van der Waals surface area contributed by atoms with E-state index in [4.69, 9.17) is 10.5 Å². The highest BCUT2D eigenvalue weighted by Gasteiger charge is 2.12. The van der Waals surface area contributed by atoms with Crippen LogP contribution in [-0.2, 0) is 4.79 Å². The van der Waals surface area contributed by atoms with Crippen molar-refractivity contribution in [2.75, 3.05) is 18.8 Å². The summed E-state index contributed by atoms with van der Waals surface area (Å²) < 4.78 is 0.999. The molecule has 0 atom stereocenters. The molecule has 0 heterocycles. The monoisotopic (exact) mass is 337 g/mol. The number of halogens is 1. The van der Waals surface area contributed by atoms with E-state index in [0.29, 0.717) is 12.2 Å². The van der Waals surface area contributed by atoms with Crippen molar-refractivity contribution in [3.8, 4) is 12.1 Å². The summed E-state index contributed by atoms with van der Waals surface area (Å²) in [7, 11) is 0. The fourth-order valence-electron chi connectivity index (χ4n) is 1.37. The number of thioether (sulfide) groups is 1. The van der Waals surface area contributed by atoms with Crippen molar-refractivity contribution in [1.82, 2.24) is 4.90 Å². The SMILES string of the molecule is N#CCN(CC#N)C(=O)CCSc1cccc(Br)c1. The van der Waals surface area contributed by atoms with Crippen molar-refractivity contribution >= 4 is 33.6 Å². The highest BCUT2D eigenvalue weighted by molar-refractivity contribution is 9.10. The van der Waals surface area contributed by atoms with Crippen LogP contribution in [0.1, 0.15) is 6.42 Å². The van der Waals surface area contributed by atoms with E-state index in [1.807, 2.05) is 36.4 Å². The summed E-state index contributed by atoms with van der Waals surface area (Å²) in [5.41, 5.74) is 0. The summed E-state index contributed by atoms with van der Waals surface area (Å²) in [5.74, 6) is 0.466. The standard InChI is InChI=1S/C13H12BrN3OS/c14-11-2-1-3-12(10-11)19-9-4-13(18)17(7-5-15)8-6-16/h1-3,10H,4,7-9H2. The van der Waals surface area contributed by atoms with E-state index in [1.165, 1.54) is 4.90 Å². The zero-order valence-electron chi connectivity index (χ0n) is 10.2. The Morgan fingerprint density at radius 1 is 1.32 bits per heavy atom. The quantitative estimate of drug-likeness (QED) is 0.591. The average Bonchev–Trinajstić information content (AvgIpc) is 2.38. The first-order valence-corrected chi connectivity index (χ1v) is 7.35. The summed E-state index contributed by atoms with van der Waals surface area (Å²) >= 11 is 4.96. The van der Waals surface area contributed by atoms with E-state index in [0.717, 1.165) is 9.37 Å². The molecule has 0 spiro atoms. The van der Waals surface area contributed by atoms with Gasteiger partial charge >= 0.3 is 0 Å². The summed E-state index contributed by atoms with van der Waals surface area (Å²) in [4.78, 5) is 14.1. The Bertz CT molecular complexity index is 505. The first kappa shape index (κ1) is 15.6. The van der Waals surface area contributed by atoms with Gasteiger partial charge in [-0.25, -0.2) is 0 Å². The molecule has 1 aromatic carbocycles. The maximum Gasteiger partial charge on any atom is 0.225 e. The van der Waals surface area contributed by atoms with Gasteiger partial charge in [0.15, 0.2) is 0 Å². The van der Waals surface area contributed by atoms with E-state index in [-0.39, 0.29) is 19.0 Å². The van der Waals surface area contributed by atoms with Gasteiger partial charge in [0, 0.05) is 21.5 Å². The lowest BCUT2D eigenvalue weighted by molar-refractivity contribution is -0.129. The van der Waals surface area contributed by atoms with Crippen molar-refractivity contribution in [2.24, 2.45) is 0 Å². The van der Waals surface area contributed by atoms with Gasteiger partial charge in [0.2, 0.25) is 5.91 Å². The van der Waals surface area contributed by atoms with Crippen molar-refractivity contribution in [2.45, 2.75) is 11.3 Å². The van der Waals surface area contributed by atoms with E-state index in [9.17, 15) is 4.79 Å². The number of rotatable bonds is 6. The van der Waals surface area contributed by atoms with Gasteiger partial charge in [0.25, 0.3) is 0 Å². The van der Waals surface area contributed by atoms with Gasteiger partial charge in [-0.15, -0.1) is 11.8 Å². The molecule has 6 heteroatoms. The van der Waals surface area contributed by atoms with E-state index >= 15 is 0 Å². The molecular weight excluding hydrogens is 326 g/mol. The zero-order valence-corrected chi connectivity index (χ0v) is 12.6. The van der Waals surface area contributed by atoms with Crippen LogP contribution in [0.4, 0.5) is 0 Å². The van der Waals surface area contributed by atoms with Crippen LogP contribution < -0.4 is 0 Å². The fraction of sp³-hybridized carbons (Fsp3) is 0.308. The van der Waals surface area contributed by atoms with Crippen LogP contribution in [0, 0.1) is 22.7 Å². The number of nitrogens with zero attached hydrogens (tertiary/aromatic N) is 3. The third kappa shape index (κ3) is 5.78. The van der Waals surface area contributed by atoms with Gasteiger partial charge in [-0.2, -0.15) is 10.5 Å². The van der Waals surface area contributed by atoms with Gasteiger partial charge in [0.05, 0.1) is 12.1 Å². The lowest BCUT2D eigenvalue weighted by atomic mass is 10.4. The van der Waals surface area contributed by atoms with Gasteiger partial charge in [-0.05, 0) is 18.2 Å². The minimum atomic E-state index is -0.161. The van der Waals surface area contributed by atoms with Crippen LogP contribution >= 0.6 is 27.7 Å². The third-order valence-corrected chi connectivity index (χ3v) is 3.75. The second-order valence-corrected chi connectivity index (χ2v) is 5.71. The molecule has 1 aromatic rings. The van der Waals surface area contributed by atoms with Crippen molar-refractivity contribution in [1.29, 1.82) is 10.5 Å². The molecule has 0 saturated carbocycles. The molecule has 19 heavy (non-hydrogen) atoms. The van der Waals surface area contributed by atoms with Crippen LogP contribution in [0.2, 0.25) is 0 Å². The molecule has 0 aromatic heterocycles. The molecule has 0 N–H and O–H groups in total. The number of hydrogen-bond donors (Lipinski definition) is 0. The molecule has 98 valence electrons. The summed E-state index contributed by atoms with van der Waals surface area (Å²) in [5, 5.41) is 17.2. The Hall–Kier alpha value is -1.50. The van der Waals surface area contributed by atoms with Crippen LogP contribution in [0.15, 0.2) is 33.6 Å². The van der Waals surface area contributed by atoms with Gasteiger partial charge in [-0.1, -0.05) is 22.0 Å². The fourth-order valence-corrected chi connectivity index (χ4v) is 2.82. The highest BCUT2D eigenvalue weighted by atomic mass is 79.9. The van der Waals surface area contributed by atoms with E-state index < -0.39 is 0 Å². The van der Waals surface area contributed by atoms with Crippen molar-refractivity contribution in [3.05, 3.63) is 28.7 Å². The maximum absolute atomic E-state index is 11.8. The van der Waals surface area contributed by atoms with Crippen molar-refractivity contribution < 1.29 is 4.79 Å². The molecule has 0 bridgehead atoms. The Morgan fingerprint density at radius 2 is 2.00 bits per heavy atom. The Kier molecular flexibility index (Phi) is 7.02. The number of amides is 1. The average molecular weight is 338 g/mol. The van der Waals surface area contributed by atoms with Gasteiger partial charge in [-0.3, -0.25) is 4.79 Å². The first-order chi connectivity index (χ1) is 9.17. The summed E-state index contributed by atoms with van der Waals surface area (Å²) in [6.07, 6.45) is 0.320. The molecular formula is C13H12BrN3OS. The summed E-state index contributed by atoms with van der Waals surface area (Å²) in [6, 6.07) is 11.6. The Balaban J connectivity index is 2.42. The predicted molar refractivity (Wildman–Crippen MR) is 77.3 cm³/mol. The number of hydrogen-bond acceptors (Lipinski definition) is 4. The Labute approximate surface area is 125 Å². The molecule has 0 aliphatic rings. The normalized spacial score (nSPS) is 9.42. The minimum Gasteiger partial charge on any atom is -0.316 e. The van der Waals surface area contributed by atoms with Crippen LogP contribution in [0.5, 0.6) is 0 Å². The lowest BCUT2D eigenvalue weighted by Crippen LogP contribution is -2.31. The van der Waals surface area contributed by atoms with Gasteiger partial charge < -0.3 is 4.90 Å². The molecule has 0 radical (unpaired) electrons. The number of benzene rings is 1. The van der Waals surface area contributed by atoms with E-state index in [2.05, 4.69) is 15.9 Å². The number of carbonyl (C=O) groups is 1. The largest absolute Gasteiger partial charge is 0.316 e. The smallest absolute Gasteiger partial charge is 0.225 e. The molecule has 4 nitrogen and oxygen atoms in total. The first-order valence-electron chi connectivity index (χ1n) is 5.57. The second kappa shape index (κ2) is 8.58. The van der Waals surface area contributed by atoms with E-state index in [1.54, 1.807) is 11.8 Å². The second-order valence-electron chi connectivity index (χ2n) is 3.62. The lowest BCUT2D eigenvalue weighted by Gasteiger charge is -2.15. The van der Waals surface area contributed by atoms with Crippen LogP contribution in [0.25, 0.3) is 0 Å². The van der Waals surface area contributed by atoms with Crippen molar-refractivity contribution in [3.63, 3.8) is 0 Å². The molecule has 1 amide bonds. The predicted octanol–water partition coefficient (Wildman–Crippen LogP) is 2.81. The third-order valence-electron chi connectivity index (χ3n) is 2.26. The molecule has 0 aliphatic carbocycles. The summed E-state index contributed by atoms with van der Waals surface area (Å²) in [6.45, 7) is -0.0676. The molecule has 0 saturated heterocycles. The number of carbonyl (C=O) groups excluding carboxylic acids is 1. The molecule has 0 unspecified atom stereocenters.